The van der Waals surface area contributed by atoms with E-state index in [0.717, 1.165) is 0 Å². The van der Waals surface area contributed by atoms with Gasteiger partial charge in [0.05, 0.1) is 0 Å². The van der Waals surface area contributed by atoms with Gasteiger partial charge in [-0.25, -0.2) is 13.7 Å². The largest absolute Gasteiger partial charge is 0.741 e. The van der Waals surface area contributed by atoms with E-state index in [1.54, 1.807) is 18.2 Å². The van der Waals surface area contributed by atoms with Crippen LogP contribution in [0.25, 0.3) is 0 Å². The molecular weight excluding hydrogens is 417 g/mol. The van der Waals surface area contributed by atoms with Gasteiger partial charge in [0.2, 0.25) is 0 Å². The lowest BCUT2D eigenvalue weighted by Crippen LogP contribution is -2.42. The summed E-state index contributed by atoms with van der Waals surface area (Å²) in [6.45, 7) is 0. The molecule has 18 heteroatoms. The quantitative estimate of drug-likeness (QED) is 0.195. The minimum absolute atomic E-state index is 0.242. The Balaban J connectivity index is 0.000000446. The Morgan fingerprint density at radius 1 is 0.750 bits per heavy atom. The molecule has 0 aliphatic heterocycles. The fourth-order valence-electron chi connectivity index (χ4n) is 0.930. The van der Waals surface area contributed by atoms with E-state index in [4.69, 9.17) is 38.9 Å². The maximum atomic E-state index is 10.4. The molecule has 0 heterocycles. The van der Waals surface area contributed by atoms with Crippen LogP contribution in [0, 0.1) is 0 Å². The van der Waals surface area contributed by atoms with Crippen LogP contribution in [0.15, 0.2) is 30.3 Å². The van der Waals surface area contributed by atoms with Crippen molar-refractivity contribution in [2.75, 3.05) is 0 Å². The average Bonchev–Trinajstić information content (AvgIpc) is 2.21. The second-order valence-electron chi connectivity index (χ2n) is 3.60. The minimum atomic E-state index is -5.46. The van der Waals surface area contributed by atoms with Crippen LogP contribution in [0.1, 0.15) is 0 Å². The highest BCUT2D eigenvalue weighted by Gasteiger charge is 2.38. The summed E-state index contributed by atoms with van der Waals surface area (Å²) in [5.74, 6) is 0.242. The third kappa shape index (κ3) is 15.1. The lowest BCUT2D eigenvalue weighted by atomic mass is 10.3. The molecule has 0 amide bonds. The summed E-state index contributed by atoms with van der Waals surface area (Å²) in [4.78, 5) is 65.7. The van der Waals surface area contributed by atoms with Gasteiger partial charge in [-0.2, -0.15) is 8.62 Å². The van der Waals surface area contributed by atoms with Crippen LogP contribution in [0.2, 0.25) is 0 Å². The predicted octanol–water partition coefficient (Wildman–Crippen LogP) is -1.22. The summed E-state index contributed by atoms with van der Waals surface area (Å²) < 4.78 is 40.8. The summed E-state index contributed by atoms with van der Waals surface area (Å²) in [6, 6.07) is 8.11. The van der Waals surface area contributed by atoms with Crippen LogP contribution < -0.4 is 4.43 Å². The van der Waals surface area contributed by atoms with Crippen molar-refractivity contribution >= 4 is 32.5 Å². The van der Waals surface area contributed by atoms with E-state index in [0.29, 0.717) is 0 Å². The second-order valence-corrected chi connectivity index (χ2v) is 9.16. The van der Waals surface area contributed by atoms with E-state index in [1.165, 1.54) is 12.1 Å². The van der Waals surface area contributed by atoms with E-state index in [2.05, 4.69) is 13.0 Å². The van der Waals surface area contributed by atoms with Crippen molar-refractivity contribution in [2.24, 2.45) is 0 Å². The van der Waals surface area contributed by atoms with Gasteiger partial charge in [-0.1, -0.05) is 18.2 Å². The number of phosphoric acid groups is 3. The van der Waals surface area contributed by atoms with Crippen molar-refractivity contribution < 1.29 is 65.6 Å². The summed E-state index contributed by atoms with van der Waals surface area (Å²) >= 11 is 0. The standard InChI is InChI=1S/C6H8O4Si.H5O10P3/c7-11(8,9)10-6-4-2-1-3-5-6;1-11(2,3)9-13(7,8)10-12(4,5)6/h1-5,7-9H;(H,7,8)(H2,1,2,3)(H2,4,5,6). The Bertz CT molecular complexity index is 616. The first kappa shape index (κ1) is 23.5. The Hall–Kier alpha value is -0.473. The van der Waals surface area contributed by atoms with Crippen LogP contribution in [0.4, 0.5) is 0 Å². The third-order valence-corrected chi connectivity index (χ3v) is 5.28. The molecule has 0 aliphatic carbocycles. The molecule has 0 unspecified atom stereocenters. The lowest BCUT2D eigenvalue weighted by molar-refractivity contribution is 0.128. The number of benzene rings is 1. The topological polar surface area (TPSA) is 241 Å². The molecule has 24 heavy (non-hydrogen) atoms. The Morgan fingerprint density at radius 3 is 1.42 bits per heavy atom. The van der Waals surface area contributed by atoms with Gasteiger partial charge in [0, 0.05) is 0 Å². The smallest absolute Gasteiger partial charge is 0.480 e. The molecule has 1 aromatic rings. The highest BCUT2D eigenvalue weighted by atomic mass is 31.3. The van der Waals surface area contributed by atoms with Gasteiger partial charge in [-0.05, 0) is 12.1 Å². The first-order valence-electron chi connectivity index (χ1n) is 5.27. The van der Waals surface area contributed by atoms with E-state index in [-0.39, 0.29) is 5.75 Å². The van der Waals surface area contributed by atoms with Gasteiger partial charge in [0.15, 0.2) is 0 Å². The Kier molecular flexibility index (Phi) is 8.58. The van der Waals surface area contributed by atoms with Gasteiger partial charge in [-0.3, -0.25) is 0 Å². The van der Waals surface area contributed by atoms with Gasteiger partial charge in [-0.15, -0.1) is 0 Å². The van der Waals surface area contributed by atoms with Crippen molar-refractivity contribution in [2.45, 2.75) is 0 Å². The number of hydrogen-bond donors (Lipinski definition) is 8. The van der Waals surface area contributed by atoms with E-state index in [9.17, 15) is 13.7 Å². The monoisotopic (exact) mass is 430 g/mol. The molecule has 0 saturated carbocycles. The van der Waals surface area contributed by atoms with Gasteiger partial charge in [0.1, 0.15) is 5.75 Å². The predicted molar refractivity (Wildman–Crippen MR) is 75.6 cm³/mol. The molecule has 1 aromatic carbocycles. The molecule has 0 saturated heterocycles. The van der Waals surface area contributed by atoms with Crippen LogP contribution in [0.5, 0.6) is 5.75 Å². The van der Waals surface area contributed by atoms with Gasteiger partial charge >= 0.3 is 32.5 Å². The van der Waals surface area contributed by atoms with Crippen LogP contribution >= 0.6 is 23.5 Å². The first-order valence-corrected chi connectivity index (χ1v) is 11.6. The molecular formula is C6H13O14P3Si. The van der Waals surface area contributed by atoms with Crippen LogP contribution in [0.3, 0.4) is 0 Å². The van der Waals surface area contributed by atoms with E-state index in [1.807, 2.05) is 0 Å². The van der Waals surface area contributed by atoms with Crippen molar-refractivity contribution in [3.63, 3.8) is 0 Å². The van der Waals surface area contributed by atoms with Crippen molar-refractivity contribution in [3.8, 4) is 5.75 Å². The molecule has 8 N–H and O–H groups in total. The molecule has 0 spiro atoms. The normalized spacial score (nSPS) is 13.0. The van der Waals surface area contributed by atoms with Gasteiger partial charge < -0.3 is 43.3 Å². The van der Waals surface area contributed by atoms with Gasteiger partial charge in [0.25, 0.3) is 0 Å². The van der Waals surface area contributed by atoms with Crippen molar-refractivity contribution in [3.05, 3.63) is 30.3 Å². The Morgan fingerprint density at radius 2 is 1.12 bits per heavy atom. The zero-order valence-corrected chi connectivity index (χ0v) is 14.9. The summed E-state index contributed by atoms with van der Waals surface area (Å²) in [6.07, 6.45) is 0. The minimum Gasteiger partial charge on any atom is -0.480 e. The fourth-order valence-corrected chi connectivity index (χ4v) is 3.92. The zero-order chi connectivity index (χ0) is 19.2. The van der Waals surface area contributed by atoms with Crippen molar-refractivity contribution in [1.82, 2.24) is 0 Å². The SMILES string of the molecule is O=P(O)(O)OP(=O)(O)OP(=O)(O)O.O[Si](O)(O)Oc1ccccc1. The molecule has 140 valence electrons. The number of para-hydroxylation sites is 1. The molecule has 0 fully saturated rings. The molecule has 0 aromatic heterocycles. The zero-order valence-electron chi connectivity index (χ0n) is 11.3. The maximum absolute atomic E-state index is 10.4. The van der Waals surface area contributed by atoms with Crippen molar-refractivity contribution in [1.29, 1.82) is 0 Å². The Labute approximate surface area is 135 Å². The number of rotatable bonds is 6. The second kappa shape index (κ2) is 8.76. The fraction of sp³-hybridized carbons (Fsp3) is 0. The molecule has 14 nitrogen and oxygen atoms in total. The molecule has 0 bridgehead atoms. The third-order valence-electron chi connectivity index (χ3n) is 1.42. The summed E-state index contributed by atoms with van der Waals surface area (Å²) in [5, 5.41) is 0. The highest BCUT2D eigenvalue weighted by Crippen LogP contribution is 2.64. The highest BCUT2D eigenvalue weighted by molar-refractivity contribution is 7.66. The lowest BCUT2D eigenvalue weighted by Gasteiger charge is -2.11. The summed E-state index contributed by atoms with van der Waals surface area (Å²) in [7, 11) is -20.6. The van der Waals surface area contributed by atoms with E-state index >= 15 is 0 Å². The molecule has 0 atom stereocenters. The van der Waals surface area contributed by atoms with Crippen LogP contribution in [-0.4, -0.2) is 47.9 Å². The average molecular weight is 430 g/mol. The molecule has 1 rings (SSSR count). The first-order chi connectivity index (χ1) is 10.5. The van der Waals surface area contributed by atoms with Crippen LogP contribution in [-0.2, 0) is 22.3 Å². The van der Waals surface area contributed by atoms with E-state index < -0.39 is 32.5 Å². The summed E-state index contributed by atoms with van der Waals surface area (Å²) in [5.41, 5.74) is 0. The molecule has 0 aliphatic rings. The number of hydrogen-bond acceptors (Lipinski definition) is 9. The molecule has 0 radical (unpaired) electrons. The maximum Gasteiger partial charge on any atom is 0.741 e.